The lowest BCUT2D eigenvalue weighted by Crippen LogP contribution is -2.58. The fourth-order valence-corrected chi connectivity index (χ4v) is 3.24. The van der Waals surface area contributed by atoms with E-state index < -0.39 is 17.5 Å². The van der Waals surface area contributed by atoms with E-state index in [2.05, 4.69) is 0 Å². The Morgan fingerprint density at radius 3 is 2.21 bits per heavy atom. The first-order chi connectivity index (χ1) is 11.6. The summed E-state index contributed by atoms with van der Waals surface area (Å²) in [5.41, 5.74) is 0.305. The number of nitrogens with zero attached hydrogens (tertiary/aromatic N) is 1. The highest BCUT2D eigenvalue weighted by Gasteiger charge is 2.59. The molecule has 1 saturated heterocycles. The molecule has 1 aliphatic heterocycles. The van der Waals surface area contributed by atoms with E-state index in [1.54, 1.807) is 13.8 Å². The Hall–Kier alpha value is -2.14. The van der Waals surface area contributed by atoms with E-state index in [4.69, 9.17) is 9.47 Å². The van der Waals surface area contributed by atoms with Crippen molar-refractivity contribution in [3.63, 3.8) is 0 Å². The zero-order chi connectivity index (χ0) is 17.6. The van der Waals surface area contributed by atoms with Crippen molar-refractivity contribution < 1.29 is 19.1 Å². The van der Waals surface area contributed by atoms with Gasteiger partial charge in [0.05, 0.1) is 13.2 Å². The Morgan fingerprint density at radius 2 is 1.71 bits per heavy atom. The van der Waals surface area contributed by atoms with Gasteiger partial charge in [-0.2, -0.15) is 0 Å². The van der Waals surface area contributed by atoms with Gasteiger partial charge in [-0.25, -0.2) is 9.59 Å². The lowest BCUT2D eigenvalue weighted by atomic mass is 9.89. The van der Waals surface area contributed by atoms with E-state index in [1.807, 2.05) is 48.2 Å². The summed E-state index contributed by atoms with van der Waals surface area (Å²) in [5, 5.41) is 0. The summed E-state index contributed by atoms with van der Waals surface area (Å²) in [6.07, 6.45) is 2.47. The summed E-state index contributed by atoms with van der Waals surface area (Å²) in [7, 11) is 0. The summed E-state index contributed by atoms with van der Waals surface area (Å²) in [4.78, 5) is 27.6. The highest BCUT2D eigenvalue weighted by atomic mass is 16.6. The molecule has 2 rings (SSSR count). The number of rotatable bonds is 6. The predicted molar refractivity (Wildman–Crippen MR) is 91.2 cm³/mol. The van der Waals surface area contributed by atoms with Gasteiger partial charge >= 0.3 is 11.9 Å². The second-order valence-electron chi connectivity index (χ2n) is 5.62. The van der Waals surface area contributed by atoms with Crippen LogP contribution in [0.2, 0.25) is 0 Å². The van der Waals surface area contributed by atoms with Crippen LogP contribution in [0.3, 0.4) is 0 Å². The van der Waals surface area contributed by atoms with Crippen LogP contribution in [0.5, 0.6) is 0 Å². The minimum atomic E-state index is -1.48. The number of likely N-dealkylation sites (tertiary alicyclic amines) is 1. The number of carbonyl (C=O) groups is 2. The highest BCUT2D eigenvalue weighted by Crippen LogP contribution is 2.38. The minimum absolute atomic E-state index is 0.218. The van der Waals surface area contributed by atoms with E-state index in [0.717, 1.165) is 11.1 Å². The van der Waals surface area contributed by atoms with Crippen molar-refractivity contribution in [1.82, 2.24) is 4.90 Å². The highest BCUT2D eigenvalue weighted by molar-refractivity contribution is 6.09. The van der Waals surface area contributed by atoms with Crippen molar-refractivity contribution in [2.24, 2.45) is 0 Å². The predicted octanol–water partition coefficient (Wildman–Crippen LogP) is 2.70. The molecule has 0 atom stereocenters. The van der Waals surface area contributed by atoms with Crippen molar-refractivity contribution in [3.8, 4) is 0 Å². The van der Waals surface area contributed by atoms with Gasteiger partial charge in [-0.15, -0.1) is 0 Å². The van der Waals surface area contributed by atoms with Gasteiger partial charge in [0.25, 0.3) is 0 Å². The lowest BCUT2D eigenvalue weighted by molar-refractivity contribution is -0.170. The van der Waals surface area contributed by atoms with Crippen LogP contribution in [0.15, 0.2) is 42.0 Å². The fourth-order valence-electron chi connectivity index (χ4n) is 3.24. The molecular formula is C19H25NO4. The Kier molecular flexibility index (Phi) is 6.15. The first-order valence-corrected chi connectivity index (χ1v) is 8.40. The van der Waals surface area contributed by atoms with E-state index in [1.165, 1.54) is 0 Å². The van der Waals surface area contributed by atoms with Crippen LogP contribution in [-0.4, -0.2) is 42.1 Å². The van der Waals surface area contributed by atoms with E-state index in [0.29, 0.717) is 19.5 Å². The monoisotopic (exact) mass is 331 g/mol. The molecule has 0 aromatic heterocycles. The molecule has 1 heterocycles. The third-order valence-electron chi connectivity index (χ3n) is 4.30. The molecule has 1 aliphatic rings. The van der Waals surface area contributed by atoms with Crippen molar-refractivity contribution >= 4 is 11.9 Å². The molecule has 5 nitrogen and oxygen atoms in total. The molecule has 1 aromatic rings. The minimum Gasteiger partial charge on any atom is -0.464 e. The first kappa shape index (κ1) is 18.2. The van der Waals surface area contributed by atoms with Gasteiger partial charge < -0.3 is 9.47 Å². The lowest BCUT2D eigenvalue weighted by Gasteiger charge is -2.34. The van der Waals surface area contributed by atoms with Crippen molar-refractivity contribution in [2.75, 3.05) is 19.8 Å². The molecule has 0 bridgehead atoms. The fraction of sp³-hybridized carbons (Fsp3) is 0.474. The number of benzene rings is 1. The molecule has 0 saturated carbocycles. The maximum absolute atomic E-state index is 12.8. The molecule has 0 spiro atoms. The molecule has 0 aliphatic carbocycles. The maximum atomic E-state index is 12.8. The van der Waals surface area contributed by atoms with Crippen LogP contribution in [0.4, 0.5) is 0 Å². The molecular weight excluding hydrogens is 306 g/mol. The standard InChI is InChI=1S/C19H25NO4/c1-4-16-12-13-20(14-15-10-8-7-9-11-15)19(16,17(21)23-5-2)18(22)24-6-3/h4,7-11H,5-6,12-14H2,1-3H3/b16-4+. The largest absolute Gasteiger partial charge is 0.464 e. The Bertz CT molecular complexity index is 591. The van der Waals surface area contributed by atoms with Gasteiger partial charge in [0.1, 0.15) is 0 Å². The Morgan fingerprint density at radius 1 is 1.12 bits per heavy atom. The van der Waals surface area contributed by atoms with E-state index in [9.17, 15) is 9.59 Å². The molecule has 0 unspecified atom stereocenters. The van der Waals surface area contributed by atoms with Crippen LogP contribution in [0, 0.1) is 0 Å². The second-order valence-corrected chi connectivity index (χ2v) is 5.62. The average molecular weight is 331 g/mol. The van der Waals surface area contributed by atoms with Crippen LogP contribution < -0.4 is 0 Å². The number of ether oxygens (including phenoxy) is 2. The van der Waals surface area contributed by atoms with Crippen molar-refractivity contribution in [3.05, 3.63) is 47.5 Å². The number of allylic oxidation sites excluding steroid dienone is 1. The van der Waals surface area contributed by atoms with Crippen LogP contribution >= 0.6 is 0 Å². The Labute approximate surface area is 143 Å². The van der Waals surface area contributed by atoms with Crippen LogP contribution in [0.25, 0.3) is 0 Å². The molecule has 1 fully saturated rings. The molecule has 0 N–H and O–H groups in total. The smallest absolute Gasteiger partial charge is 0.342 e. The second kappa shape index (κ2) is 8.11. The third-order valence-corrected chi connectivity index (χ3v) is 4.30. The number of hydrogen-bond donors (Lipinski definition) is 0. The van der Waals surface area contributed by atoms with Gasteiger partial charge in [0.15, 0.2) is 0 Å². The summed E-state index contributed by atoms with van der Waals surface area (Å²) in [5.74, 6) is -1.10. The quantitative estimate of drug-likeness (QED) is 0.456. The molecule has 0 amide bonds. The molecule has 5 heteroatoms. The summed E-state index contributed by atoms with van der Waals surface area (Å²) in [6.45, 7) is 6.84. The summed E-state index contributed by atoms with van der Waals surface area (Å²) < 4.78 is 10.5. The van der Waals surface area contributed by atoms with Crippen molar-refractivity contribution in [1.29, 1.82) is 0 Å². The molecule has 24 heavy (non-hydrogen) atoms. The normalized spacial score (nSPS) is 18.5. The summed E-state index contributed by atoms with van der Waals surface area (Å²) >= 11 is 0. The molecule has 0 radical (unpaired) electrons. The number of esters is 2. The maximum Gasteiger partial charge on any atom is 0.342 e. The zero-order valence-electron chi connectivity index (χ0n) is 14.6. The molecule has 130 valence electrons. The Balaban J connectivity index is 2.46. The number of carbonyl (C=O) groups excluding carboxylic acids is 2. The van der Waals surface area contributed by atoms with Gasteiger partial charge in [-0.05, 0) is 38.3 Å². The zero-order valence-corrected chi connectivity index (χ0v) is 14.6. The third kappa shape index (κ3) is 3.22. The van der Waals surface area contributed by atoms with Crippen LogP contribution in [0.1, 0.15) is 32.8 Å². The molecule has 1 aromatic carbocycles. The van der Waals surface area contributed by atoms with Crippen LogP contribution in [-0.2, 0) is 25.6 Å². The SMILES string of the molecule is C/C=C1\CCN(Cc2ccccc2)C1(C(=O)OCC)C(=O)OCC. The van der Waals surface area contributed by atoms with E-state index in [-0.39, 0.29) is 13.2 Å². The van der Waals surface area contributed by atoms with Gasteiger partial charge in [-0.1, -0.05) is 36.4 Å². The van der Waals surface area contributed by atoms with E-state index >= 15 is 0 Å². The number of hydrogen-bond acceptors (Lipinski definition) is 5. The summed E-state index contributed by atoms with van der Waals surface area (Å²) in [6, 6.07) is 9.79. The van der Waals surface area contributed by atoms with Crippen molar-refractivity contribution in [2.45, 2.75) is 39.3 Å². The van der Waals surface area contributed by atoms with Gasteiger partial charge in [-0.3, -0.25) is 4.90 Å². The van der Waals surface area contributed by atoms with Gasteiger partial charge in [0, 0.05) is 13.1 Å². The van der Waals surface area contributed by atoms with Gasteiger partial charge in [0.2, 0.25) is 5.54 Å². The average Bonchev–Trinajstić information content (AvgIpc) is 2.95. The topological polar surface area (TPSA) is 55.8 Å². The first-order valence-electron chi connectivity index (χ1n) is 8.40.